The molecule has 1 N–H and O–H groups in total. The van der Waals surface area contributed by atoms with Crippen LogP contribution in [0.25, 0.3) is 34.1 Å². The molecule has 2 aliphatic rings. The molecule has 7 heteroatoms. The Balaban J connectivity index is 1.40. The smallest absolute Gasteiger partial charge is 0.262 e. The van der Waals surface area contributed by atoms with Crippen LogP contribution in [0.1, 0.15) is 49.3 Å². The normalized spacial score (nSPS) is 16.8. The van der Waals surface area contributed by atoms with Gasteiger partial charge >= 0.3 is 0 Å². The zero-order valence-electron chi connectivity index (χ0n) is 18.0. The van der Waals surface area contributed by atoms with Crippen LogP contribution >= 0.6 is 0 Å². The number of hydrogen-bond donors (Lipinski definition) is 1. The summed E-state index contributed by atoms with van der Waals surface area (Å²) in [5, 5.41) is 12.5. The van der Waals surface area contributed by atoms with Crippen molar-refractivity contribution >= 4 is 0 Å². The zero-order valence-corrected chi connectivity index (χ0v) is 18.0. The van der Waals surface area contributed by atoms with Gasteiger partial charge in [0.1, 0.15) is 0 Å². The van der Waals surface area contributed by atoms with E-state index in [2.05, 4.69) is 38.3 Å². The van der Waals surface area contributed by atoms with Crippen molar-refractivity contribution in [1.29, 1.82) is 0 Å². The molecule has 0 unspecified atom stereocenters. The third-order valence-electron chi connectivity index (χ3n) is 6.68. The summed E-state index contributed by atoms with van der Waals surface area (Å²) in [7, 11) is 0. The van der Waals surface area contributed by atoms with Crippen LogP contribution in [-0.2, 0) is 13.0 Å². The van der Waals surface area contributed by atoms with Crippen LogP contribution in [-0.4, -0.2) is 31.4 Å². The summed E-state index contributed by atoms with van der Waals surface area (Å²) in [5.74, 6) is 1.13. The lowest BCUT2D eigenvalue weighted by Crippen LogP contribution is -2.23. The van der Waals surface area contributed by atoms with Crippen molar-refractivity contribution in [2.45, 2.75) is 51.1 Å². The lowest BCUT2D eigenvalue weighted by atomic mass is 9.95. The Kier molecular flexibility index (Phi) is 5.03. The maximum absolute atomic E-state index is 5.77. The molecule has 1 saturated carbocycles. The maximum atomic E-state index is 5.77. The van der Waals surface area contributed by atoms with Crippen LogP contribution in [0.5, 0.6) is 0 Å². The summed E-state index contributed by atoms with van der Waals surface area (Å²) in [6, 6.07) is 10.9. The van der Waals surface area contributed by atoms with Crippen LogP contribution < -0.4 is 5.32 Å². The van der Waals surface area contributed by atoms with E-state index in [0.717, 1.165) is 54.7 Å². The standard InChI is InChI=1S/C25H26N6O/c1-2-4-21(5-3-1)31-23(17-8-11-26-12-9-17)22(16-28-31)25-29-24(30-32-25)19-6-7-20-15-27-13-10-18(20)14-19/h6-9,11-12,14,16,21,27H,1-5,10,13,15H2. The number of aromatic nitrogens is 5. The molecule has 4 aromatic rings. The van der Waals surface area contributed by atoms with Gasteiger partial charge < -0.3 is 9.84 Å². The number of nitrogens with one attached hydrogen (secondary N) is 1. The van der Waals surface area contributed by atoms with Gasteiger partial charge in [-0.25, -0.2) is 0 Å². The Bertz CT molecular complexity index is 1220. The van der Waals surface area contributed by atoms with Crippen LogP contribution in [0.15, 0.2) is 53.4 Å². The van der Waals surface area contributed by atoms with E-state index in [9.17, 15) is 0 Å². The number of hydrogen-bond acceptors (Lipinski definition) is 6. The van der Waals surface area contributed by atoms with Crippen molar-refractivity contribution in [2.24, 2.45) is 0 Å². The van der Waals surface area contributed by atoms with Gasteiger partial charge in [0.05, 0.1) is 23.5 Å². The second kappa shape index (κ2) is 8.31. The lowest BCUT2D eigenvalue weighted by molar-refractivity contribution is 0.332. The van der Waals surface area contributed by atoms with Crippen molar-refractivity contribution in [1.82, 2.24) is 30.2 Å². The Morgan fingerprint density at radius 2 is 1.84 bits per heavy atom. The van der Waals surface area contributed by atoms with Crippen LogP contribution in [0, 0.1) is 0 Å². The average Bonchev–Trinajstić information content (AvgIpc) is 3.52. The highest BCUT2D eigenvalue weighted by molar-refractivity contribution is 5.77. The second-order valence-corrected chi connectivity index (χ2v) is 8.71. The molecule has 0 atom stereocenters. The van der Waals surface area contributed by atoms with Crippen LogP contribution in [0.3, 0.4) is 0 Å². The van der Waals surface area contributed by atoms with Crippen molar-refractivity contribution in [3.63, 3.8) is 0 Å². The van der Waals surface area contributed by atoms with Gasteiger partial charge in [-0.1, -0.05) is 36.6 Å². The fourth-order valence-electron chi connectivity index (χ4n) is 4.99. The highest BCUT2D eigenvalue weighted by Gasteiger charge is 2.25. The Morgan fingerprint density at radius 3 is 2.72 bits per heavy atom. The van der Waals surface area contributed by atoms with Crippen LogP contribution in [0.2, 0.25) is 0 Å². The Labute approximate surface area is 186 Å². The molecule has 0 spiro atoms. The summed E-state index contributed by atoms with van der Waals surface area (Å²) in [6.45, 7) is 1.92. The largest absolute Gasteiger partial charge is 0.333 e. The fraction of sp³-hybridized carbons (Fsp3) is 0.360. The minimum Gasteiger partial charge on any atom is -0.333 e. The molecular formula is C25H26N6O. The average molecular weight is 427 g/mol. The van der Waals surface area contributed by atoms with Crippen LogP contribution in [0.4, 0.5) is 0 Å². The van der Waals surface area contributed by atoms with E-state index in [4.69, 9.17) is 14.6 Å². The third-order valence-corrected chi connectivity index (χ3v) is 6.68. The molecular weight excluding hydrogens is 400 g/mol. The highest BCUT2D eigenvalue weighted by Crippen LogP contribution is 2.37. The topological polar surface area (TPSA) is 81.7 Å². The number of pyridine rings is 1. The number of benzene rings is 1. The second-order valence-electron chi connectivity index (χ2n) is 8.71. The van der Waals surface area contributed by atoms with E-state index in [1.807, 2.05) is 30.7 Å². The van der Waals surface area contributed by atoms with Gasteiger partial charge in [0.2, 0.25) is 5.82 Å². The van der Waals surface area contributed by atoms with E-state index < -0.39 is 0 Å². The first-order valence-electron chi connectivity index (χ1n) is 11.5. The number of nitrogens with zero attached hydrogens (tertiary/aromatic N) is 5. The molecule has 0 amide bonds. The number of rotatable bonds is 4. The minimum atomic E-state index is 0.400. The summed E-state index contributed by atoms with van der Waals surface area (Å²) >= 11 is 0. The maximum Gasteiger partial charge on any atom is 0.262 e. The molecule has 0 radical (unpaired) electrons. The van der Waals surface area contributed by atoms with Crippen molar-refractivity contribution in [3.05, 3.63) is 60.0 Å². The summed E-state index contributed by atoms with van der Waals surface area (Å²) in [6.07, 6.45) is 12.6. The van der Waals surface area contributed by atoms with Crippen molar-refractivity contribution < 1.29 is 4.52 Å². The van der Waals surface area contributed by atoms with E-state index >= 15 is 0 Å². The molecule has 4 heterocycles. The predicted molar refractivity (Wildman–Crippen MR) is 122 cm³/mol. The minimum absolute atomic E-state index is 0.400. The molecule has 1 fully saturated rings. The van der Waals surface area contributed by atoms with Gasteiger partial charge in [0.15, 0.2) is 0 Å². The van der Waals surface area contributed by atoms with Gasteiger partial charge in [-0.3, -0.25) is 9.67 Å². The van der Waals surface area contributed by atoms with Gasteiger partial charge in [-0.15, -0.1) is 0 Å². The molecule has 0 saturated heterocycles. The molecule has 3 aromatic heterocycles. The monoisotopic (exact) mass is 426 g/mol. The van der Waals surface area contributed by atoms with Gasteiger partial charge in [0, 0.05) is 30.1 Å². The fourth-order valence-corrected chi connectivity index (χ4v) is 4.99. The first kappa shape index (κ1) is 19.4. The lowest BCUT2D eigenvalue weighted by Gasteiger charge is -2.24. The van der Waals surface area contributed by atoms with E-state index in [0.29, 0.717) is 17.8 Å². The summed E-state index contributed by atoms with van der Waals surface area (Å²) in [5.41, 5.74) is 6.67. The number of fused-ring (bicyclic) bond motifs is 1. The molecule has 1 aliphatic heterocycles. The highest BCUT2D eigenvalue weighted by atomic mass is 16.5. The summed E-state index contributed by atoms with van der Waals surface area (Å²) < 4.78 is 7.94. The molecule has 0 bridgehead atoms. The van der Waals surface area contributed by atoms with Gasteiger partial charge in [-0.2, -0.15) is 10.1 Å². The third kappa shape index (κ3) is 3.52. The Morgan fingerprint density at radius 1 is 0.969 bits per heavy atom. The van der Waals surface area contributed by atoms with E-state index in [-0.39, 0.29) is 0 Å². The Hall–Kier alpha value is -3.32. The molecule has 6 rings (SSSR count). The van der Waals surface area contributed by atoms with Gasteiger partial charge in [-0.05, 0) is 55.1 Å². The van der Waals surface area contributed by atoms with E-state index in [1.54, 1.807) is 0 Å². The molecule has 162 valence electrons. The van der Waals surface area contributed by atoms with E-state index in [1.165, 1.54) is 30.4 Å². The molecule has 32 heavy (non-hydrogen) atoms. The van der Waals surface area contributed by atoms with Crippen molar-refractivity contribution in [3.8, 4) is 34.1 Å². The van der Waals surface area contributed by atoms with Crippen molar-refractivity contribution in [2.75, 3.05) is 6.54 Å². The zero-order chi connectivity index (χ0) is 21.3. The molecule has 1 aromatic carbocycles. The quantitative estimate of drug-likeness (QED) is 0.504. The van der Waals surface area contributed by atoms with Gasteiger partial charge in [0.25, 0.3) is 5.89 Å². The molecule has 7 nitrogen and oxygen atoms in total. The predicted octanol–water partition coefficient (Wildman–Crippen LogP) is 4.81. The SMILES string of the molecule is c1cc(-c2c(-c3nc(-c4ccc5c(c4)CCNC5)no3)cnn2C2CCCCC2)ccn1. The molecule has 1 aliphatic carbocycles. The first-order chi connectivity index (χ1) is 15.9. The summed E-state index contributed by atoms with van der Waals surface area (Å²) in [4.78, 5) is 8.98. The first-order valence-corrected chi connectivity index (χ1v) is 11.5.